The normalized spacial score (nSPS) is 19.9. The van der Waals surface area contributed by atoms with E-state index >= 15 is 0 Å². The Kier molecular flexibility index (Phi) is 6.70. The monoisotopic (exact) mass is 437 g/mol. The van der Waals surface area contributed by atoms with Gasteiger partial charge in [-0.2, -0.15) is 0 Å². The lowest BCUT2D eigenvalue weighted by Gasteiger charge is -2.37. The lowest BCUT2D eigenvalue weighted by molar-refractivity contribution is -0.145. The predicted molar refractivity (Wildman–Crippen MR) is 113 cm³/mol. The summed E-state index contributed by atoms with van der Waals surface area (Å²) in [6.07, 6.45) is 1.89. The van der Waals surface area contributed by atoms with Crippen LogP contribution < -0.4 is 0 Å². The highest BCUT2D eigenvalue weighted by Gasteiger charge is 2.38. The second-order valence-corrected chi connectivity index (χ2v) is 9.66. The molecule has 6 nitrogen and oxygen atoms in total. The average molecular weight is 438 g/mol. The van der Waals surface area contributed by atoms with Crippen LogP contribution in [0.15, 0.2) is 18.2 Å². The Balaban J connectivity index is 1.60. The minimum Gasteiger partial charge on any atom is -0.337 e. The van der Waals surface area contributed by atoms with Crippen molar-refractivity contribution in [3.05, 3.63) is 34.6 Å². The highest BCUT2D eigenvalue weighted by molar-refractivity contribution is 6.31. The van der Waals surface area contributed by atoms with Gasteiger partial charge in [0.25, 0.3) is 5.91 Å². The van der Waals surface area contributed by atoms with Crippen molar-refractivity contribution in [3.8, 4) is 0 Å². The first-order chi connectivity index (χ1) is 14.1. The Hall–Kier alpha value is -2.15. The second-order valence-electron chi connectivity index (χ2n) is 9.22. The molecule has 0 spiro atoms. The topological polar surface area (TPSA) is 60.9 Å². The first-order valence-corrected chi connectivity index (χ1v) is 10.8. The van der Waals surface area contributed by atoms with Gasteiger partial charge in [0.2, 0.25) is 11.8 Å². The average Bonchev–Trinajstić information content (AvgIpc) is 3.17. The van der Waals surface area contributed by atoms with E-state index in [1.54, 1.807) is 9.80 Å². The molecule has 2 aliphatic rings. The van der Waals surface area contributed by atoms with Gasteiger partial charge in [-0.05, 0) is 36.5 Å². The molecule has 0 N–H and O–H groups in total. The fraction of sp³-hybridized carbons (Fsp3) is 0.591. The Morgan fingerprint density at radius 3 is 2.33 bits per heavy atom. The zero-order valence-corrected chi connectivity index (χ0v) is 18.5. The standard InChI is InChI=1S/C22H29ClFN3O3/c1-22(2,3)14-19(28)27-8-4-5-18(27)21(30)26-11-9-25(10-12-26)20(29)16-13-15(23)6-7-17(16)24/h6-7,13,18H,4-5,8-12,14H2,1-3H3. The van der Waals surface area contributed by atoms with E-state index in [1.807, 2.05) is 20.8 Å². The first-order valence-electron chi connectivity index (χ1n) is 10.4. The van der Waals surface area contributed by atoms with E-state index in [0.29, 0.717) is 50.6 Å². The van der Waals surface area contributed by atoms with Crippen LogP contribution in [0.25, 0.3) is 0 Å². The molecule has 30 heavy (non-hydrogen) atoms. The quantitative estimate of drug-likeness (QED) is 0.729. The number of nitrogens with zero attached hydrogens (tertiary/aromatic N) is 3. The molecule has 3 amide bonds. The van der Waals surface area contributed by atoms with Gasteiger partial charge in [0.15, 0.2) is 0 Å². The summed E-state index contributed by atoms with van der Waals surface area (Å²) in [5.74, 6) is -1.08. The summed E-state index contributed by atoms with van der Waals surface area (Å²) in [5, 5.41) is 0.301. The van der Waals surface area contributed by atoms with Crippen LogP contribution in [0.2, 0.25) is 5.02 Å². The van der Waals surface area contributed by atoms with E-state index in [-0.39, 0.29) is 22.8 Å². The molecule has 2 aliphatic heterocycles. The molecule has 2 saturated heterocycles. The van der Waals surface area contributed by atoms with Gasteiger partial charge in [0.05, 0.1) is 5.56 Å². The number of amides is 3. The van der Waals surface area contributed by atoms with Gasteiger partial charge in [0, 0.05) is 44.2 Å². The summed E-state index contributed by atoms with van der Waals surface area (Å²) in [5.41, 5.74) is -0.188. The highest BCUT2D eigenvalue weighted by Crippen LogP contribution is 2.26. The minimum absolute atomic E-state index is 0.0172. The number of hydrogen-bond acceptors (Lipinski definition) is 3. The van der Waals surface area contributed by atoms with E-state index in [4.69, 9.17) is 11.6 Å². The number of piperazine rings is 1. The van der Waals surface area contributed by atoms with Crippen LogP contribution >= 0.6 is 11.6 Å². The van der Waals surface area contributed by atoms with Gasteiger partial charge in [0.1, 0.15) is 11.9 Å². The number of likely N-dealkylation sites (tertiary alicyclic amines) is 1. The van der Waals surface area contributed by atoms with Crippen LogP contribution in [0.3, 0.4) is 0 Å². The van der Waals surface area contributed by atoms with Crippen LogP contribution in [0.4, 0.5) is 4.39 Å². The molecule has 8 heteroatoms. The smallest absolute Gasteiger partial charge is 0.257 e. The molecule has 0 aliphatic carbocycles. The lowest BCUT2D eigenvalue weighted by Crippen LogP contribution is -2.55. The van der Waals surface area contributed by atoms with Crippen molar-refractivity contribution >= 4 is 29.3 Å². The third-order valence-corrected chi connectivity index (χ3v) is 5.81. The molecule has 164 valence electrons. The first kappa shape index (κ1) is 22.5. The summed E-state index contributed by atoms with van der Waals surface area (Å²) in [4.78, 5) is 43.4. The minimum atomic E-state index is -0.609. The lowest BCUT2D eigenvalue weighted by atomic mass is 9.91. The Labute approximate surface area is 181 Å². The number of carbonyl (C=O) groups is 3. The third kappa shape index (κ3) is 5.12. The molecule has 2 fully saturated rings. The van der Waals surface area contributed by atoms with Crippen molar-refractivity contribution < 1.29 is 18.8 Å². The van der Waals surface area contributed by atoms with Crippen LogP contribution in [0, 0.1) is 11.2 Å². The van der Waals surface area contributed by atoms with Crippen molar-refractivity contribution in [1.82, 2.24) is 14.7 Å². The summed E-state index contributed by atoms with van der Waals surface area (Å²) >= 11 is 5.89. The number of rotatable bonds is 3. The van der Waals surface area contributed by atoms with Gasteiger partial charge >= 0.3 is 0 Å². The van der Waals surface area contributed by atoms with Crippen LogP contribution in [0.1, 0.15) is 50.4 Å². The maximum atomic E-state index is 14.0. The summed E-state index contributed by atoms with van der Waals surface area (Å²) in [7, 11) is 0. The van der Waals surface area contributed by atoms with E-state index in [2.05, 4.69) is 0 Å². The molecule has 2 heterocycles. The van der Waals surface area contributed by atoms with E-state index in [0.717, 1.165) is 6.42 Å². The van der Waals surface area contributed by atoms with Gasteiger partial charge < -0.3 is 14.7 Å². The molecule has 0 aromatic heterocycles. The Bertz CT molecular complexity index is 831. The van der Waals surface area contributed by atoms with Crippen LogP contribution in [-0.4, -0.2) is 71.2 Å². The molecule has 1 aromatic carbocycles. The van der Waals surface area contributed by atoms with Gasteiger partial charge in [-0.15, -0.1) is 0 Å². The number of benzene rings is 1. The van der Waals surface area contributed by atoms with E-state index < -0.39 is 17.8 Å². The summed E-state index contributed by atoms with van der Waals surface area (Å²) < 4.78 is 14.0. The SMILES string of the molecule is CC(C)(C)CC(=O)N1CCCC1C(=O)N1CCN(C(=O)c2cc(Cl)ccc2F)CC1. The van der Waals surface area contributed by atoms with Crippen LogP contribution in [-0.2, 0) is 9.59 Å². The molecular formula is C22H29ClFN3O3. The maximum Gasteiger partial charge on any atom is 0.257 e. The van der Waals surface area contributed by atoms with Crippen molar-refractivity contribution in [2.24, 2.45) is 5.41 Å². The van der Waals surface area contributed by atoms with Crippen molar-refractivity contribution in [2.75, 3.05) is 32.7 Å². The number of carbonyl (C=O) groups excluding carboxylic acids is 3. The molecule has 1 atom stereocenters. The number of halogens is 2. The molecule has 1 unspecified atom stereocenters. The largest absolute Gasteiger partial charge is 0.337 e. The second kappa shape index (κ2) is 8.92. The maximum absolute atomic E-state index is 14.0. The van der Waals surface area contributed by atoms with E-state index in [1.165, 1.54) is 23.1 Å². The van der Waals surface area contributed by atoms with E-state index in [9.17, 15) is 18.8 Å². The molecule has 3 rings (SSSR count). The van der Waals surface area contributed by atoms with Crippen molar-refractivity contribution in [1.29, 1.82) is 0 Å². The Morgan fingerprint density at radius 2 is 1.70 bits per heavy atom. The summed E-state index contributed by atoms with van der Waals surface area (Å²) in [6, 6.07) is 3.48. The number of hydrogen-bond donors (Lipinski definition) is 0. The zero-order valence-electron chi connectivity index (χ0n) is 17.8. The predicted octanol–water partition coefficient (Wildman–Crippen LogP) is 3.19. The Morgan fingerprint density at radius 1 is 1.07 bits per heavy atom. The molecule has 1 aromatic rings. The van der Waals surface area contributed by atoms with Crippen molar-refractivity contribution in [2.45, 2.75) is 46.1 Å². The molecular weight excluding hydrogens is 409 g/mol. The van der Waals surface area contributed by atoms with Gasteiger partial charge in [-0.3, -0.25) is 14.4 Å². The van der Waals surface area contributed by atoms with Gasteiger partial charge in [-0.25, -0.2) is 4.39 Å². The molecule has 0 saturated carbocycles. The van der Waals surface area contributed by atoms with Crippen LogP contribution in [0.5, 0.6) is 0 Å². The molecule has 0 radical (unpaired) electrons. The highest BCUT2D eigenvalue weighted by atomic mass is 35.5. The fourth-order valence-corrected chi connectivity index (χ4v) is 4.22. The fourth-order valence-electron chi connectivity index (χ4n) is 4.05. The summed E-state index contributed by atoms with van der Waals surface area (Å²) in [6.45, 7) is 8.01. The van der Waals surface area contributed by atoms with Crippen molar-refractivity contribution in [3.63, 3.8) is 0 Å². The molecule has 0 bridgehead atoms. The zero-order chi connectivity index (χ0) is 22.1. The van der Waals surface area contributed by atoms with Gasteiger partial charge in [-0.1, -0.05) is 32.4 Å². The third-order valence-electron chi connectivity index (χ3n) is 5.58.